The molecular formula is C17H25NO3. The van der Waals surface area contributed by atoms with Crippen LogP contribution in [0.2, 0.25) is 0 Å². The molecule has 0 aliphatic heterocycles. The third-order valence-corrected chi connectivity index (χ3v) is 3.74. The van der Waals surface area contributed by atoms with Crippen molar-refractivity contribution in [1.82, 2.24) is 5.32 Å². The molecule has 0 radical (unpaired) electrons. The van der Waals surface area contributed by atoms with Gasteiger partial charge in [0, 0.05) is 13.0 Å². The molecule has 0 saturated carbocycles. The number of hydrogen-bond donors (Lipinski definition) is 2. The van der Waals surface area contributed by atoms with Gasteiger partial charge in [-0.3, -0.25) is 9.59 Å². The fraction of sp³-hybridized carbons (Fsp3) is 0.529. The van der Waals surface area contributed by atoms with Crippen molar-refractivity contribution in [2.24, 2.45) is 5.92 Å². The first-order valence-corrected chi connectivity index (χ1v) is 7.50. The summed E-state index contributed by atoms with van der Waals surface area (Å²) in [5.41, 5.74) is 2.34. The first-order chi connectivity index (χ1) is 9.95. The van der Waals surface area contributed by atoms with Crippen LogP contribution >= 0.6 is 0 Å². The molecule has 0 aromatic heterocycles. The lowest BCUT2D eigenvalue weighted by Crippen LogP contribution is -2.33. The number of carboxylic acid groups (broad SMARTS) is 1. The van der Waals surface area contributed by atoms with Crippen molar-refractivity contribution < 1.29 is 14.7 Å². The standard InChI is InChI=1S/C17H25NO3/c1-4-7-14(17(20)21)11-18-16(19)10-13(3)15-9-6-5-8-12(15)2/h5-6,8-9,13-14H,4,7,10-11H2,1-3H3,(H,18,19)(H,20,21). The second-order valence-corrected chi connectivity index (χ2v) is 5.59. The monoisotopic (exact) mass is 291 g/mol. The maximum Gasteiger partial charge on any atom is 0.308 e. The lowest BCUT2D eigenvalue weighted by Gasteiger charge is -2.16. The highest BCUT2D eigenvalue weighted by molar-refractivity contribution is 5.78. The predicted molar refractivity (Wildman–Crippen MR) is 83.3 cm³/mol. The number of carbonyl (C=O) groups excluding carboxylic acids is 1. The van der Waals surface area contributed by atoms with Crippen LogP contribution < -0.4 is 5.32 Å². The molecule has 2 atom stereocenters. The Kier molecular flexibility index (Phi) is 6.92. The fourth-order valence-electron chi connectivity index (χ4n) is 2.50. The number of carbonyl (C=O) groups is 2. The van der Waals surface area contributed by atoms with Gasteiger partial charge in [0.05, 0.1) is 5.92 Å². The van der Waals surface area contributed by atoms with Crippen LogP contribution in [-0.4, -0.2) is 23.5 Å². The average molecular weight is 291 g/mol. The number of rotatable bonds is 8. The van der Waals surface area contributed by atoms with Crippen LogP contribution in [0.3, 0.4) is 0 Å². The second kappa shape index (κ2) is 8.45. The Morgan fingerprint density at radius 1 is 1.29 bits per heavy atom. The third kappa shape index (κ3) is 5.58. The van der Waals surface area contributed by atoms with Crippen molar-refractivity contribution in [2.75, 3.05) is 6.54 Å². The first-order valence-electron chi connectivity index (χ1n) is 7.50. The molecule has 0 aliphatic carbocycles. The minimum absolute atomic E-state index is 0.0897. The number of aliphatic carboxylic acids is 1. The fourth-order valence-corrected chi connectivity index (χ4v) is 2.50. The topological polar surface area (TPSA) is 66.4 Å². The molecule has 4 heteroatoms. The number of nitrogens with one attached hydrogen (secondary N) is 1. The van der Waals surface area contributed by atoms with E-state index in [1.54, 1.807) is 0 Å². The van der Waals surface area contributed by atoms with E-state index in [9.17, 15) is 9.59 Å². The van der Waals surface area contributed by atoms with Crippen molar-refractivity contribution in [1.29, 1.82) is 0 Å². The zero-order valence-electron chi connectivity index (χ0n) is 13.1. The number of benzene rings is 1. The van der Waals surface area contributed by atoms with Gasteiger partial charge in [0.1, 0.15) is 0 Å². The van der Waals surface area contributed by atoms with E-state index >= 15 is 0 Å². The van der Waals surface area contributed by atoms with E-state index in [0.29, 0.717) is 12.8 Å². The zero-order chi connectivity index (χ0) is 15.8. The molecule has 0 spiro atoms. The van der Waals surface area contributed by atoms with E-state index < -0.39 is 11.9 Å². The van der Waals surface area contributed by atoms with Crippen molar-refractivity contribution in [2.45, 2.75) is 46.0 Å². The van der Waals surface area contributed by atoms with Crippen molar-refractivity contribution >= 4 is 11.9 Å². The van der Waals surface area contributed by atoms with Gasteiger partial charge in [-0.15, -0.1) is 0 Å². The van der Waals surface area contributed by atoms with Gasteiger partial charge in [-0.05, 0) is 30.4 Å². The van der Waals surface area contributed by atoms with Crippen molar-refractivity contribution in [3.8, 4) is 0 Å². The Balaban J connectivity index is 2.50. The van der Waals surface area contributed by atoms with Gasteiger partial charge in [0.2, 0.25) is 5.91 Å². The molecule has 1 aromatic carbocycles. The smallest absolute Gasteiger partial charge is 0.308 e. The molecule has 116 valence electrons. The van der Waals surface area contributed by atoms with E-state index in [2.05, 4.69) is 5.32 Å². The summed E-state index contributed by atoms with van der Waals surface area (Å²) in [7, 11) is 0. The molecule has 1 amide bonds. The molecule has 1 rings (SSSR count). The summed E-state index contributed by atoms with van der Waals surface area (Å²) in [6.07, 6.45) is 1.76. The molecule has 2 unspecified atom stereocenters. The highest BCUT2D eigenvalue weighted by atomic mass is 16.4. The van der Waals surface area contributed by atoms with Crippen LogP contribution in [0.15, 0.2) is 24.3 Å². The van der Waals surface area contributed by atoms with Crippen LogP contribution in [0.1, 0.15) is 50.2 Å². The van der Waals surface area contributed by atoms with Gasteiger partial charge in [0.25, 0.3) is 0 Å². The molecule has 0 heterocycles. The largest absolute Gasteiger partial charge is 0.481 e. The highest BCUT2D eigenvalue weighted by Crippen LogP contribution is 2.22. The van der Waals surface area contributed by atoms with Crippen LogP contribution in [0.5, 0.6) is 0 Å². The molecule has 1 aromatic rings. The summed E-state index contributed by atoms with van der Waals surface area (Å²) in [6.45, 7) is 6.20. The Morgan fingerprint density at radius 2 is 1.95 bits per heavy atom. The number of aryl methyl sites for hydroxylation is 1. The van der Waals surface area contributed by atoms with Crippen LogP contribution in [0.25, 0.3) is 0 Å². The molecule has 21 heavy (non-hydrogen) atoms. The first kappa shape index (κ1) is 17.2. The van der Waals surface area contributed by atoms with Crippen molar-refractivity contribution in [3.63, 3.8) is 0 Å². The quantitative estimate of drug-likeness (QED) is 0.773. The van der Waals surface area contributed by atoms with E-state index in [4.69, 9.17) is 5.11 Å². The predicted octanol–water partition coefficient (Wildman–Crippen LogP) is 3.11. The highest BCUT2D eigenvalue weighted by Gasteiger charge is 2.18. The van der Waals surface area contributed by atoms with Gasteiger partial charge in [-0.25, -0.2) is 0 Å². The Hall–Kier alpha value is -1.84. The lowest BCUT2D eigenvalue weighted by molar-refractivity contribution is -0.141. The lowest BCUT2D eigenvalue weighted by atomic mass is 9.93. The molecule has 0 saturated heterocycles. The van der Waals surface area contributed by atoms with E-state index in [1.165, 1.54) is 5.56 Å². The van der Waals surface area contributed by atoms with E-state index in [-0.39, 0.29) is 18.4 Å². The molecule has 0 aliphatic rings. The molecule has 0 fully saturated rings. The molecule has 0 bridgehead atoms. The minimum Gasteiger partial charge on any atom is -0.481 e. The van der Waals surface area contributed by atoms with Gasteiger partial charge < -0.3 is 10.4 Å². The summed E-state index contributed by atoms with van der Waals surface area (Å²) in [4.78, 5) is 23.0. The summed E-state index contributed by atoms with van der Waals surface area (Å²) >= 11 is 0. The Morgan fingerprint density at radius 3 is 2.52 bits per heavy atom. The van der Waals surface area contributed by atoms with Gasteiger partial charge >= 0.3 is 5.97 Å². The third-order valence-electron chi connectivity index (χ3n) is 3.74. The molecule has 2 N–H and O–H groups in total. The SMILES string of the molecule is CCCC(CNC(=O)CC(C)c1ccccc1C)C(=O)O. The van der Waals surface area contributed by atoms with Crippen LogP contribution in [-0.2, 0) is 9.59 Å². The van der Waals surface area contributed by atoms with Gasteiger partial charge in [0.15, 0.2) is 0 Å². The average Bonchev–Trinajstić information content (AvgIpc) is 2.43. The Bertz CT molecular complexity index is 485. The number of amides is 1. The van der Waals surface area contributed by atoms with E-state index in [0.717, 1.165) is 12.0 Å². The van der Waals surface area contributed by atoms with Crippen LogP contribution in [0.4, 0.5) is 0 Å². The zero-order valence-corrected chi connectivity index (χ0v) is 13.1. The molecule has 4 nitrogen and oxygen atoms in total. The summed E-state index contributed by atoms with van der Waals surface area (Å²) in [5.74, 6) is -1.30. The summed E-state index contributed by atoms with van der Waals surface area (Å²) in [6, 6.07) is 8.02. The maximum atomic E-state index is 12.0. The maximum absolute atomic E-state index is 12.0. The summed E-state index contributed by atoms with van der Waals surface area (Å²) in [5, 5.41) is 11.8. The van der Waals surface area contributed by atoms with E-state index in [1.807, 2.05) is 45.0 Å². The second-order valence-electron chi connectivity index (χ2n) is 5.59. The Labute approximate surface area is 126 Å². The minimum atomic E-state index is -0.843. The number of hydrogen-bond acceptors (Lipinski definition) is 2. The normalized spacial score (nSPS) is 13.5. The van der Waals surface area contributed by atoms with Crippen molar-refractivity contribution in [3.05, 3.63) is 35.4 Å². The number of carboxylic acids is 1. The molecular weight excluding hydrogens is 266 g/mol. The van der Waals surface area contributed by atoms with Gasteiger partial charge in [-0.1, -0.05) is 44.5 Å². The summed E-state index contributed by atoms with van der Waals surface area (Å²) < 4.78 is 0. The van der Waals surface area contributed by atoms with Gasteiger partial charge in [-0.2, -0.15) is 0 Å². The van der Waals surface area contributed by atoms with Crippen LogP contribution in [0, 0.1) is 12.8 Å².